The first kappa shape index (κ1) is 21.4. The van der Waals surface area contributed by atoms with Crippen LogP contribution in [0.1, 0.15) is 18.1 Å². The van der Waals surface area contributed by atoms with Gasteiger partial charge in [0.15, 0.2) is 23.0 Å². The van der Waals surface area contributed by atoms with Crippen molar-refractivity contribution in [3.63, 3.8) is 0 Å². The fourth-order valence-electron chi connectivity index (χ4n) is 3.06. The van der Waals surface area contributed by atoms with Crippen LogP contribution < -0.4 is 18.9 Å². The lowest BCUT2D eigenvalue weighted by atomic mass is 10.1. The zero-order valence-corrected chi connectivity index (χ0v) is 16.8. The number of alkyl halides is 2. The van der Waals surface area contributed by atoms with E-state index in [1.54, 1.807) is 17.0 Å². The van der Waals surface area contributed by atoms with Crippen molar-refractivity contribution in [3.8, 4) is 23.0 Å². The summed E-state index contributed by atoms with van der Waals surface area (Å²) in [4.78, 5) is 14.3. The summed E-state index contributed by atoms with van der Waals surface area (Å²) in [6.45, 7) is 0.690. The predicted octanol–water partition coefficient (Wildman–Crippen LogP) is 4.13. The molecule has 0 unspecified atom stereocenters. The Morgan fingerprint density at radius 3 is 2.67 bits per heavy atom. The molecule has 30 heavy (non-hydrogen) atoms. The summed E-state index contributed by atoms with van der Waals surface area (Å²) >= 11 is 0. The number of fused-ring (bicyclic) bond motifs is 1. The van der Waals surface area contributed by atoms with E-state index in [0.29, 0.717) is 43.4 Å². The van der Waals surface area contributed by atoms with E-state index in [1.807, 2.05) is 25.1 Å². The van der Waals surface area contributed by atoms with E-state index in [1.165, 1.54) is 25.3 Å². The minimum atomic E-state index is -3.01. The van der Waals surface area contributed by atoms with Gasteiger partial charge in [0, 0.05) is 24.7 Å². The first-order chi connectivity index (χ1) is 14.5. The molecule has 2 aromatic carbocycles. The number of hydrogen-bond donors (Lipinski definition) is 0. The van der Waals surface area contributed by atoms with Crippen LogP contribution in [-0.2, 0) is 11.3 Å². The monoisotopic (exact) mass is 419 g/mol. The Labute approximate surface area is 173 Å². The topological polar surface area (TPSA) is 57.2 Å². The fraction of sp³-hybridized carbons (Fsp3) is 0.318. The molecule has 1 amide bonds. The second kappa shape index (κ2) is 9.96. The third kappa shape index (κ3) is 5.20. The van der Waals surface area contributed by atoms with Crippen molar-refractivity contribution in [1.82, 2.24) is 4.90 Å². The van der Waals surface area contributed by atoms with Crippen molar-refractivity contribution in [2.24, 2.45) is 0 Å². The van der Waals surface area contributed by atoms with Gasteiger partial charge in [0.2, 0.25) is 5.91 Å². The van der Waals surface area contributed by atoms with Crippen LogP contribution in [0.3, 0.4) is 0 Å². The molecular weight excluding hydrogens is 396 g/mol. The minimum absolute atomic E-state index is 0.117. The van der Waals surface area contributed by atoms with Gasteiger partial charge in [0.1, 0.15) is 13.2 Å². The number of methoxy groups -OCH3 is 1. The Kier molecular flexibility index (Phi) is 7.11. The van der Waals surface area contributed by atoms with Crippen LogP contribution in [0.25, 0.3) is 6.08 Å². The molecule has 3 rings (SSSR count). The predicted molar refractivity (Wildman–Crippen MR) is 107 cm³/mol. The maximum Gasteiger partial charge on any atom is 0.387 e. The molecule has 0 bridgehead atoms. The number of benzene rings is 2. The van der Waals surface area contributed by atoms with Crippen LogP contribution in [0.2, 0.25) is 0 Å². The summed E-state index contributed by atoms with van der Waals surface area (Å²) in [5, 5.41) is 0. The highest BCUT2D eigenvalue weighted by molar-refractivity contribution is 5.92. The average Bonchev–Trinajstić information content (AvgIpc) is 2.76. The van der Waals surface area contributed by atoms with Gasteiger partial charge in [-0.2, -0.15) is 8.78 Å². The molecule has 0 fully saturated rings. The van der Waals surface area contributed by atoms with Gasteiger partial charge in [0.05, 0.1) is 7.11 Å². The molecular formula is C22H23F2NO5. The van der Waals surface area contributed by atoms with Crippen molar-refractivity contribution in [3.05, 3.63) is 53.6 Å². The Bertz CT molecular complexity index is 916. The molecule has 6 nitrogen and oxygen atoms in total. The van der Waals surface area contributed by atoms with Crippen molar-refractivity contribution in [2.75, 3.05) is 26.9 Å². The van der Waals surface area contributed by atoms with E-state index in [4.69, 9.17) is 14.2 Å². The molecule has 0 aliphatic carbocycles. The Morgan fingerprint density at radius 1 is 1.20 bits per heavy atom. The molecule has 160 valence electrons. The standard InChI is InChI=1S/C22H23F2NO5/c1-3-25(14-15-7-9-17-19(13-15)29-12-11-28-17)20(26)10-8-16-5-4-6-18(27-2)21(16)30-22(23)24/h4-10,13,22H,3,11-12,14H2,1-2H3/b10-8+. The number of hydrogen-bond acceptors (Lipinski definition) is 5. The first-order valence-electron chi connectivity index (χ1n) is 9.49. The van der Waals surface area contributed by atoms with Gasteiger partial charge in [-0.25, -0.2) is 0 Å². The first-order valence-corrected chi connectivity index (χ1v) is 9.49. The summed E-state index contributed by atoms with van der Waals surface area (Å²) in [5.74, 6) is 1.12. The normalized spacial score (nSPS) is 12.8. The summed E-state index contributed by atoms with van der Waals surface area (Å²) in [7, 11) is 1.36. The lowest BCUT2D eigenvalue weighted by Crippen LogP contribution is -2.28. The number of likely N-dealkylation sites (N-methyl/N-ethyl adjacent to an activating group) is 1. The molecule has 1 aliphatic rings. The Hall–Kier alpha value is -3.29. The molecule has 0 saturated heterocycles. The summed E-state index contributed by atoms with van der Waals surface area (Å²) in [5.41, 5.74) is 1.21. The van der Waals surface area contributed by atoms with Gasteiger partial charge < -0.3 is 23.8 Å². The van der Waals surface area contributed by atoms with Crippen molar-refractivity contribution in [2.45, 2.75) is 20.1 Å². The number of nitrogens with zero attached hydrogens (tertiary/aromatic N) is 1. The SMILES string of the molecule is CCN(Cc1ccc2c(c1)OCCO2)C(=O)/C=C/c1cccc(OC)c1OC(F)F. The number of carbonyl (C=O) groups is 1. The third-order valence-corrected chi connectivity index (χ3v) is 4.52. The smallest absolute Gasteiger partial charge is 0.387 e. The van der Waals surface area contributed by atoms with Crippen LogP contribution in [-0.4, -0.2) is 44.3 Å². The number of amides is 1. The molecule has 8 heteroatoms. The molecule has 0 atom stereocenters. The number of halogens is 2. The van der Waals surface area contributed by atoms with Gasteiger partial charge in [0.25, 0.3) is 0 Å². The minimum Gasteiger partial charge on any atom is -0.493 e. The number of para-hydroxylation sites is 1. The highest BCUT2D eigenvalue weighted by Crippen LogP contribution is 2.33. The third-order valence-electron chi connectivity index (χ3n) is 4.52. The molecule has 1 aliphatic heterocycles. The fourth-order valence-corrected chi connectivity index (χ4v) is 3.06. The molecule has 2 aromatic rings. The second-order valence-electron chi connectivity index (χ2n) is 6.42. The highest BCUT2D eigenvalue weighted by Gasteiger charge is 2.16. The van der Waals surface area contributed by atoms with Crippen LogP contribution in [0.15, 0.2) is 42.5 Å². The number of carbonyl (C=O) groups excluding carboxylic acids is 1. The average molecular weight is 419 g/mol. The van der Waals surface area contributed by atoms with Crippen LogP contribution >= 0.6 is 0 Å². The number of rotatable bonds is 8. The number of ether oxygens (including phenoxy) is 4. The van der Waals surface area contributed by atoms with E-state index in [-0.39, 0.29) is 17.4 Å². The zero-order valence-electron chi connectivity index (χ0n) is 16.8. The van der Waals surface area contributed by atoms with Crippen molar-refractivity contribution < 1.29 is 32.5 Å². The van der Waals surface area contributed by atoms with E-state index < -0.39 is 6.61 Å². The van der Waals surface area contributed by atoms with Gasteiger partial charge in [-0.15, -0.1) is 0 Å². The largest absolute Gasteiger partial charge is 0.493 e. The van der Waals surface area contributed by atoms with Gasteiger partial charge >= 0.3 is 6.61 Å². The van der Waals surface area contributed by atoms with E-state index in [0.717, 1.165) is 5.56 Å². The summed E-state index contributed by atoms with van der Waals surface area (Å²) in [6, 6.07) is 10.3. The van der Waals surface area contributed by atoms with Crippen LogP contribution in [0, 0.1) is 0 Å². The Balaban J connectivity index is 1.75. The molecule has 0 aromatic heterocycles. The van der Waals surface area contributed by atoms with E-state index >= 15 is 0 Å². The quantitative estimate of drug-likeness (QED) is 0.603. The van der Waals surface area contributed by atoms with E-state index in [2.05, 4.69) is 4.74 Å². The second-order valence-corrected chi connectivity index (χ2v) is 6.42. The summed E-state index contributed by atoms with van der Waals surface area (Å²) < 4.78 is 46.3. The molecule has 0 radical (unpaired) electrons. The molecule has 0 spiro atoms. The van der Waals surface area contributed by atoms with Crippen molar-refractivity contribution >= 4 is 12.0 Å². The molecule has 1 heterocycles. The van der Waals surface area contributed by atoms with E-state index in [9.17, 15) is 13.6 Å². The van der Waals surface area contributed by atoms with Crippen LogP contribution in [0.5, 0.6) is 23.0 Å². The van der Waals surface area contributed by atoms with Crippen molar-refractivity contribution in [1.29, 1.82) is 0 Å². The maximum atomic E-state index is 12.8. The summed E-state index contributed by atoms with van der Waals surface area (Å²) in [6.07, 6.45) is 2.77. The van der Waals surface area contributed by atoms with Crippen LogP contribution in [0.4, 0.5) is 8.78 Å². The van der Waals surface area contributed by atoms with Gasteiger partial charge in [-0.05, 0) is 36.8 Å². The maximum absolute atomic E-state index is 12.8. The van der Waals surface area contributed by atoms with Gasteiger partial charge in [-0.1, -0.05) is 18.2 Å². The lowest BCUT2D eigenvalue weighted by molar-refractivity contribution is -0.126. The lowest BCUT2D eigenvalue weighted by Gasteiger charge is -2.22. The highest BCUT2D eigenvalue weighted by atomic mass is 19.3. The molecule has 0 saturated carbocycles. The molecule has 0 N–H and O–H groups in total. The Morgan fingerprint density at radius 2 is 1.97 bits per heavy atom. The van der Waals surface area contributed by atoms with Gasteiger partial charge in [-0.3, -0.25) is 4.79 Å². The zero-order chi connectivity index (χ0) is 21.5.